The van der Waals surface area contributed by atoms with Crippen LogP contribution in [0.5, 0.6) is 5.88 Å². The van der Waals surface area contributed by atoms with Gasteiger partial charge in [-0.25, -0.2) is 15.0 Å². The molecular weight excluding hydrogens is 641 g/mol. The number of aliphatic hydroxyl groups is 1. The van der Waals surface area contributed by atoms with Gasteiger partial charge in [0.2, 0.25) is 17.8 Å². The second-order valence-electron chi connectivity index (χ2n) is 10.2. The summed E-state index contributed by atoms with van der Waals surface area (Å²) in [4.78, 5) is 21.1. The summed E-state index contributed by atoms with van der Waals surface area (Å²) >= 11 is 12.3. The number of halogens is 2. The Morgan fingerprint density at radius 2 is 1.36 bits per heavy atom. The van der Waals surface area contributed by atoms with Crippen molar-refractivity contribution in [3.63, 3.8) is 0 Å². The Labute approximate surface area is 281 Å². The number of anilines is 4. The monoisotopic (exact) mass is 673 g/mol. The summed E-state index contributed by atoms with van der Waals surface area (Å²) in [7, 11) is 0. The van der Waals surface area contributed by atoms with Crippen LogP contribution < -0.4 is 26.8 Å². The number of fused-ring (bicyclic) bond motifs is 1. The zero-order valence-corrected chi connectivity index (χ0v) is 27.2. The molecule has 0 fully saturated rings. The molecule has 0 radical (unpaired) electrons. The van der Waals surface area contributed by atoms with Crippen LogP contribution in [0, 0.1) is 13.8 Å². The molecule has 0 bridgehead atoms. The minimum Gasteiger partial charge on any atom is -0.475 e. The second-order valence-corrected chi connectivity index (χ2v) is 11.0. The molecule has 0 aliphatic heterocycles. The third-order valence-corrected chi connectivity index (χ3v) is 7.80. The molecule has 0 saturated heterocycles. The number of nitrogens with two attached hydrogens (primary N) is 2. The Balaban J connectivity index is 0.000000199. The highest BCUT2D eigenvalue weighted by Gasteiger charge is 2.11. The van der Waals surface area contributed by atoms with Crippen LogP contribution >= 0.6 is 23.2 Å². The van der Waals surface area contributed by atoms with E-state index in [0.717, 1.165) is 33.2 Å². The maximum Gasteiger partial charge on any atom is 0.224 e. The van der Waals surface area contributed by atoms with Crippen molar-refractivity contribution in [3.05, 3.63) is 94.3 Å². The van der Waals surface area contributed by atoms with Crippen LogP contribution in [0.1, 0.15) is 11.1 Å². The first-order valence-corrected chi connectivity index (χ1v) is 15.3. The van der Waals surface area contributed by atoms with Crippen molar-refractivity contribution in [1.82, 2.24) is 24.9 Å². The number of benzene rings is 2. The van der Waals surface area contributed by atoms with Crippen LogP contribution in [-0.2, 0) is 0 Å². The SMILES string of the molecule is Cc1c(Cl)cccc1-c1cc(NCCO)nc(N)n1.Cc1c(Cl)cccc1-c1cc(NCCOc2nccc3occc23)nc(N)n1. The molecule has 0 aliphatic carbocycles. The highest BCUT2D eigenvalue weighted by molar-refractivity contribution is 6.32. The highest BCUT2D eigenvalue weighted by atomic mass is 35.5. The standard InChI is InChI=1S/C20H18ClN5O2.C13H15ClN4O/c1-12-13(3-2-4-15(12)21)16-11-18(26-20(22)25-16)23-8-10-28-19-14-6-9-27-17(14)5-7-24-19;1-8-9(3-2-4-10(8)14)11-7-12(16-5-6-19)18-13(15)17-11/h2-7,9,11H,8,10H2,1H3,(H3,22,23,25,26);2-4,7,19H,5-6H2,1H3,(H3,15,16,17,18). The third kappa shape index (κ3) is 8.36. The Kier molecular flexibility index (Phi) is 10.9. The van der Waals surface area contributed by atoms with Crippen molar-refractivity contribution in [2.45, 2.75) is 13.8 Å². The Morgan fingerprint density at radius 1 is 0.787 bits per heavy atom. The summed E-state index contributed by atoms with van der Waals surface area (Å²) in [6.07, 6.45) is 3.26. The molecule has 6 aromatic rings. The number of pyridine rings is 1. The first-order valence-electron chi connectivity index (χ1n) is 14.6. The van der Waals surface area contributed by atoms with E-state index in [-0.39, 0.29) is 18.5 Å². The van der Waals surface area contributed by atoms with Crippen LogP contribution in [0.3, 0.4) is 0 Å². The molecule has 14 heteroatoms. The van der Waals surface area contributed by atoms with Gasteiger partial charge in [0.05, 0.1) is 36.2 Å². The number of nitrogens with one attached hydrogen (secondary N) is 2. The molecule has 242 valence electrons. The van der Waals surface area contributed by atoms with Gasteiger partial charge in [-0.2, -0.15) is 9.97 Å². The van der Waals surface area contributed by atoms with E-state index in [0.29, 0.717) is 58.6 Å². The van der Waals surface area contributed by atoms with Crippen molar-refractivity contribution < 1.29 is 14.3 Å². The molecule has 4 aromatic heterocycles. The number of rotatable bonds is 10. The molecule has 0 saturated carbocycles. The van der Waals surface area contributed by atoms with Gasteiger partial charge in [0.1, 0.15) is 23.8 Å². The van der Waals surface area contributed by atoms with Crippen LogP contribution in [-0.4, -0.2) is 56.3 Å². The summed E-state index contributed by atoms with van der Waals surface area (Å²) in [6.45, 7) is 5.21. The van der Waals surface area contributed by atoms with Crippen LogP contribution in [0.2, 0.25) is 10.0 Å². The number of nitrogens with zero attached hydrogens (tertiary/aromatic N) is 5. The maximum atomic E-state index is 8.81. The van der Waals surface area contributed by atoms with Crippen LogP contribution in [0.15, 0.2) is 77.5 Å². The van der Waals surface area contributed by atoms with Gasteiger partial charge in [-0.05, 0) is 49.2 Å². The molecule has 0 unspecified atom stereocenters. The molecule has 4 heterocycles. The fourth-order valence-corrected chi connectivity index (χ4v) is 5.00. The predicted molar refractivity (Wildman–Crippen MR) is 187 cm³/mol. The topological polar surface area (TPSA) is 183 Å². The molecule has 7 N–H and O–H groups in total. The van der Waals surface area contributed by atoms with Crippen molar-refractivity contribution >= 4 is 57.7 Å². The van der Waals surface area contributed by atoms with E-state index in [1.807, 2.05) is 62.4 Å². The van der Waals surface area contributed by atoms with E-state index in [9.17, 15) is 0 Å². The molecule has 12 nitrogen and oxygen atoms in total. The average molecular weight is 675 g/mol. The molecular formula is C33H33Cl2N9O3. The van der Waals surface area contributed by atoms with Crippen molar-refractivity contribution in [1.29, 1.82) is 0 Å². The molecule has 47 heavy (non-hydrogen) atoms. The second kappa shape index (κ2) is 15.4. The summed E-state index contributed by atoms with van der Waals surface area (Å²) in [5, 5.41) is 17.2. The first-order chi connectivity index (χ1) is 22.7. The van der Waals surface area contributed by atoms with E-state index < -0.39 is 0 Å². The molecule has 2 aromatic carbocycles. The predicted octanol–water partition coefficient (Wildman–Crippen LogP) is 6.41. The zero-order valence-electron chi connectivity index (χ0n) is 25.7. The summed E-state index contributed by atoms with van der Waals surface area (Å²) < 4.78 is 11.1. The summed E-state index contributed by atoms with van der Waals surface area (Å²) in [5.41, 5.74) is 17.4. The van der Waals surface area contributed by atoms with E-state index in [1.54, 1.807) is 24.6 Å². The van der Waals surface area contributed by atoms with Crippen LogP contribution in [0.4, 0.5) is 23.5 Å². The largest absolute Gasteiger partial charge is 0.475 e. The van der Waals surface area contributed by atoms with Crippen LogP contribution in [0.25, 0.3) is 33.5 Å². The molecule has 6 rings (SSSR count). The number of ether oxygens (including phenoxy) is 1. The fraction of sp³-hybridized carbons (Fsp3) is 0.182. The lowest BCUT2D eigenvalue weighted by molar-refractivity contribution is 0.311. The number of aliphatic hydroxyl groups excluding tert-OH is 1. The lowest BCUT2D eigenvalue weighted by atomic mass is 10.1. The molecule has 0 spiro atoms. The molecule has 0 atom stereocenters. The minimum absolute atomic E-state index is 0.0232. The van der Waals surface area contributed by atoms with Crippen molar-refractivity contribution in [3.8, 4) is 28.4 Å². The van der Waals surface area contributed by atoms with E-state index in [4.69, 9.17) is 48.9 Å². The highest BCUT2D eigenvalue weighted by Crippen LogP contribution is 2.30. The number of nitrogen functional groups attached to an aromatic ring is 2. The Hall–Kier alpha value is -5.17. The number of hydrogen-bond acceptors (Lipinski definition) is 12. The quantitative estimate of drug-likeness (QED) is 0.101. The normalized spacial score (nSPS) is 10.7. The molecule has 0 amide bonds. The number of aromatic nitrogens is 5. The Bertz CT molecular complexity index is 1990. The fourth-order valence-electron chi connectivity index (χ4n) is 4.65. The van der Waals surface area contributed by atoms with E-state index >= 15 is 0 Å². The lowest BCUT2D eigenvalue weighted by Gasteiger charge is -2.11. The first kappa shape index (κ1) is 33.2. The molecule has 0 aliphatic rings. The zero-order chi connectivity index (χ0) is 33.3. The maximum absolute atomic E-state index is 8.81. The van der Waals surface area contributed by atoms with Gasteiger partial charge in [-0.3, -0.25) is 0 Å². The Morgan fingerprint density at radius 3 is 1.94 bits per heavy atom. The van der Waals surface area contributed by atoms with E-state index in [2.05, 4.69) is 35.6 Å². The van der Waals surface area contributed by atoms with Gasteiger partial charge in [-0.15, -0.1) is 0 Å². The minimum atomic E-state index is 0.0232. The van der Waals surface area contributed by atoms with Gasteiger partial charge in [0.25, 0.3) is 0 Å². The smallest absolute Gasteiger partial charge is 0.224 e. The van der Waals surface area contributed by atoms with Gasteiger partial charge in [0, 0.05) is 46.0 Å². The van der Waals surface area contributed by atoms with Gasteiger partial charge < -0.3 is 36.4 Å². The summed E-state index contributed by atoms with van der Waals surface area (Å²) in [6, 6.07) is 18.5. The van der Waals surface area contributed by atoms with E-state index in [1.165, 1.54) is 0 Å². The van der Waals surface area contributed by atoms with Gasteiger partial charge >= 0.3 is 0 Å². The van der Waals surface area contributed by atoms with Gasteiger partial charge in [-0.1, -0.05) is 47.5 Å². The lowest BCUT2D eigenvalue weighted by Crippen LogP contribution is -2.14. The average Bonchev–Trinajstić information content (AvgIpc) is 3.54. The third-order valence-electron chi connectivity index (χ3n) is 6.98. The van der Waals surface area contributed by atoms with Crippen molar-refractivity contribution in [2.24, 2.45) is 0 Å². The summed E-state index contributed by atoms with van der Waals surface area (Å²) in [5.74, 6) is 2.09. The number of furan rings is 1. The number of hydrogen-bond donors (Lipinski definition) is 5. The van der Waals surface area contributed by atoms with Crippen molar-refractivity contribution in [2.75, 3.05) is 48.4 Å². The van der Waals surface area contributed by atoms with Gasteiger partial charge in [0.15, 0.2) is 0 Å².